The zero-order chi connectivity index (χ0) is 12.1. The molecule has 0 spiro atoms. The summed E-state index contributed by atoms with van der Waals surface area (Å²) >= 11 is 8.07. The van der Waals surface area contributed by atoms with E-state index in [4.69, 9.17) is 11.6 Å². The molecule has 2 aromatic rings. The molecule has 0 heterocycles. The average molecular weight is 357 g/mol. The maximum atomic E-state index is 5.80. The van der Waals surface area contributed by atoms with Gasteiger partial charge in [0, 0.05) is 8.59 Å². The van der Waals surface area contributed by atoms with E-state index in [9.17, 15) is 0 Å². The van der Waals surface area contributed by atoms with Crippen LogP contribution in [0.3, 0.4) is 0 Å². The second-order valence-corrected chi connectivity index (χ2v) is 5.00. The van der Waals surface area contributed by atoms with Crippen molar-refractivity contribution in [1.82, 2.24) is 0 Å². The van der Waals surface area contributed by atoms with Crippen molar-refractivity contribution in [1.29, 1.82) is 0 Å². The first-order chi connectivity index (χ1) is 8.25. The van der Waals surface area contributed by atoms with Gasteiger partial charge in [-0.1, -0.05) is 35.9 Å². The minimum Gasteiger partial charge on any atom is -0.277 e. The number of halogens is 2. The van der Waals surface area contributed by atoms with Crippen molar-refractivity contribution in [2.75, 3.05) is 5.43 Å². The van der Waals surface area contributed by atoms with Gasteiger partial charge in [-0.15, -0.1) is 0 Å². The van der Waals surface area contributed by atoms with E-state index in [-0.39, 0.29) is 0 Å². The lowest BCUT2D eigenvalue weighted by atomic mass is 10.2. The Hall–Kier alpha value is -1.07. The fourth-order valence-corrected chi connectivity index (χ4v) is 1.91. The molecule has 0 bridgehead atoms. The summed E-state index contributed by atoms with van der Waals surface area (Å²) in [6, 6.07) is 15.5. The van der Waals surface area contributed by atoms with Crippen molar-refractivity contribution in [2.24, 2.45) is 5.10 Å². The van der Waals surface area contributed by atoms with Crippen LogP contribution in [0.25, 0.3) is 0 Å². The minimum absolute atomic E-state index is 0.729. The van der Waals surface area contributed by atoms with Crippen LogP contribution >= 0.6 is 34.2 Å². The lowest BCUT2D eigenvalue weighted by Crippen LogP contribution is -1.92. The fourth-order valence-electron chi connectivity index (χ4n) is 1.28. The summed E-state index contributed by atoms with van der Waals surface area (Å²) in [5, 5.41) is 4.91. The van der Waals surface area contributed by atoms with Crippen molar-refractivity contribution >= 4 is 46.1 Å². The van der Waals surface area contributed by atoms with Crippen LogP contribution in [0.1, 0.15) is 5.56 Å². The van der Waals surface area contributed by atoms with Crippen LogP contribution in [-0.4, -0.2) is 6.21 Å². The zero-order valence-electron chi connectivity index (χ0n) is 8.90. The van der Waals surface area contributed by atoms with Gasteiger partial charge in [-0.25, -0.2) is 0 Å². The standard InChI is InChI=1S/C13H10ClIN2/c14-11-7-5-10(6-8-11)9-16-17-13-4-2-1-3-12(13)15/h1-9,17H. The normalized spacial score (nSPS) is 10.7. The quantitative estimate of drug-likeness (QED) is 0.492. The van der Waals surface area contributed by atoms with Crippen LogP contribution in [0.15, 0.2) is 53.6 Å². The van der Waals surface area contributed by atoms with Crippen LogP contribution in [0.2, 0.25) is 5.02 Å². The van der Waals surface area contributed by atoms with E-state index in [1.165, 1.54) is 0 Å². The maximum Gasteiger partial charge on any atom is 0.0695 e. The number of para-hydroxylation sites is 1. The molecule has 0 aromatic heterocycles. The maximum absolute atomic E-state index is 5.80. The largest absolute Gasteiger partial charge is 0.277 e. The summed E-state index contributed by atoms with van der Waals surface area (Å²) in [7, 11) is 0. The molecule has 1 N–H and O–H groups in total. The number of nitrogens with zero attached hydrogens (tertiary/aromatic N) is 1. The van der Waals surface area contributed by atoms with Crippen LogP contribution in [-0.2, 0) is 0 Å². The zero-order valence-corrected chi connectivity index (χ0v) is 11.8. The number of hydrogen-bond donors (Lipinski definition) is 1. The number of rotatable bonds is 3. The predicted octanol–water partition coefficient (Wildman–Crippen LogP) is 4.39. The highest BCUT2D eigenvalue weighted by molar-refractivity contribution is 14.1. The first-order valence-corrected chi connectivity index (χ1v) is 6.50. The van der Waals surface area contributed by atoms with Crippen molar-refractivity contribution in [2.45, 2.75) is 0 Å². The highest BCUT2D eigenvalue weighted by Gasteiger charge is 1.94. The number of hydrazone groups is 1. The van der Waals surface area contributed by atoms with Gasteiger partial charge < -0.3 is 0 Å². The molecule has 0 unspecified atom stereocenters. The molecule has 0 radical (unpaired) electrons. The third-order valence-electron chi connectivity index (χ3n) is 2.14. The monoisotopic (exact) mass is 356 g/mol. The molecule has 17 heavy (non-hydrogen) atoms. The van der Waals surface area contributed by atoms with E-state index in [1.807, 2.05) is 48.5 Å². The highest BCUT2D eigenvalue weighted by Crippen LogP contribution is 2.16. The SMILES string of the molecule is Clc1ccc(C=NNc2ccccc2I)cc1. The van der Waals surface area contributed by atoms with Gasteiger partial charge in [-0.2, -0.15) is 5.10 Å². The lowest BCUT2D eigenvalue weighted by Gasteiger charge is -2.02. The minimum atomic E-state index is 0.729. The topological polar surface area (TPSA) is 24.4 Å². The van der Waals surface area contributed by atoms with Crippen molar-refractivity contribution in [3.63, 3.8) is 0 Å². The van der Waals surface area contributed by atoms with Gasteiger partial charge in [0.1, 0.15) is 0 Å². The summed E-state index contributed by atoms with van der Waals surface area (Å²) in [6.45, 7) is 0. The molecular weight excluding hydrogens is 347 g/mol. The van der Waals surface area contributed by atoms with Gasteiger partial charge >= 0.3 is 0 Å². The predicted molar refractivity (Wildman–Crippen MR) is 81.8 cm³/mol. The fraction of sp³-hybridized carbons (Fsp3) is 0. The Morgan fingerprint density at radius 3 is 2.47 bits per heavy atom. The third-order valence-corrected chi connectivity index (χ3v) is 3.34. The van der Waals surface area contributed by atoms with Crippen LogP contribution in [0, 0.1) is 3.57 Å². The Balaban J connectivity index is 2.03. The molecular formula is C13H10ClIN2. The Kier molecular flexibility index (Phi) is 4.39. The summed E-state index contributed by atoms with van der Waals surface area (Å²) in [5.74, 6) is 0. The number of benzene rings is 2. The molecule has 0 amide bonds. The molecule has 2 aromatic carbocycles. The van der Waals surface area contributed by atoms with Gasteiger partial charge in [-0.05, 0) is 52.4 Å². The first-order valence-electron chi connectivity index (χ1n) is 5.05. The van der Waals surface area contributed by atoms with Crippen molar-refractivity contribution in [3.05, 3.63) is 62.7 Å². The Morgan fingerprint density at radius 2 is 1.76 bits per heavy atom. The molecule has 0 aliphatic carbocycles. The summed E-state index contributed by atoms with van der Waals surface area (Å²) in [6.07, 6.45) is 1.76. The molecule has 0 saturated carbocycles. The first kappa shape index (κ1) is 12.4. The second kappa shape index (κ2) is 6.02. The number of hydrogen-bond acceptors (Lipinski definition) is 2. The average Bonchev–Trinajstić information content (AvgIpc) is 2.34. The van der Waals surface area contributed by atoms with E-state index in [0.717, 1.165) is 19.8 Å². The van der Waals surface area contributed by atoms with Crippen LogP contribution in [0.4, 0.5) is 5.69 Å². The van der Waals surface area contributed by atoms with Gasteiger partial charge in [0.15, 0.2) is 0 Å². The molecule has 86 valence electrons. The van der Waals surface area contributed by atoms with E-state index >= 15 is 0 Å². The van der Waals surface area contributed by atoms with E-state index in [1.54, 1.807) is 6.21 Å². The lowest BCUT2D eigenvalue weighted by molar-refractivity contribution is 1.34. The number of anilines is 1. The van der Waals surface area contributed by atoms with E-state index in [0.29, 0.717) is 0 Å². The van der Waals surface area contributed by atoms with E-state index < -0.39 is 0 Å². The van der Waals surface area contributed by atoms with Crippen LogP contribution < -0.4 is 5.43 Å². The Morgan fingerprint density at radius 1 is 1.06 bits per heavy atom. The Bertz CT molecular complexity index is 523. The molecule has 0 saturated heterocycles. The molecule has 0 atom stereocenters. The van der Waals surface area contributed by atoms with Gasteiger partial charge in [0.25, 0.3) is 0 Å². The molecule has 4 heteroatoms. The Labute approximate surface area is 119 Å². The van der Waals surface area contributed by atoms with Gasteiger partial charge in [-0.3, -0.25) is 5.43 Å². The molecule has 0 aliphatic rings. The van der Waals surface area contributed by atoms with Gasteiger partial charge in [0.2, 0.25) is 0 Å². The smallest absolute Gasteiger partial charge is 0.0695 e. The van der Waals surface area contributed by atoms with Crippen molar-refractivity contribution < 1.29 is 0 Å². The highest BCUT2D eigenvalue weighted by atomic mass is 127. The molecule has 2 nitrogen and oxygen atoms in total. The molecule has 0 aliphatic heterocycles. The van der Waals surface area contributed by atoms with Crippen LogP contribution in [0.5, 0.6) is 0 Å². The molecule has 2 rings (SSSR count). The van der Waals surface area contributed by atoms with Crippen molar-refractivity contribution in [3.8, 4) is 0 Å². The van der Waals surface area contributed by atoms with E-state index in [2.05, 4.69) is 33.1 Å². The summed E-state index contributed by atoms with van der Waals surface area (Å²) in [5.41, 5.74) is 5.01. The third kappa shape index (κ3) is 3.71. The number of nitrogens with one attached hydrogen (secondary N) is 1. The van der Waals surface area contributed by atoms with Gasteiger partial charge in [0.05, 0.1) is 11.9 Å². The summed E-state index contributed by atoms with van der Waals surface area (Å²) in [4.78, 5) is 0. The molecule has 0 fully saturated rings. The summed E-state index contributed by atoms with van der Waals surface area (Å²) < 4.78 is 1.14. The second-order valence-electron chi connectivity index (χ2n) is 3.40.